The van der Waals surface area contributed by atoms with Crippen LogP contribution in [-0.4, -0.2) is 168 Å². The van der Waals surface area contributed by atoms with Gasteiger partial charge in [0.1, 0.15) is 18.2 Å². The van der Waals surface area contributed by atoms with Crippen molar-refractivity contribution in [2.24, 2.45) is 5.92 Å². The fourth-order valence-corrected chi connectivity index (χ4v) is 9.48. The number of likely N-dealkylation sites (tertiary alicyclic amines) is 1. The largest absolute Gasteiger partial charge is 0.573 e. The summed E-state index contributed by atoms with van der Waals surface area (Å²) in [5.41, 5.74) is 0.782. The predicted molar refractivity (Wildman–Crippen MR) is 257 cm³/mol. The fraction of sp³-hybridized carbons (Fsp3) is 0.596. The molecule has 4 unspecified atom stereocenters. The third kappa shape index (κ3) is 20.3. The molecule has 3 fully saturated rings. The van der Waals surface area contributed by atoms with E-state index < -0.39 is 12.1 Å². The van der Waals surface area contributed by atoms with Gasteiger partial charge in [0.05, 0.1) is 89.8 Å². The van der Waals surface area contributed by atoms with E-state index >= 15 is 0 Å². The van der Waals surface area contributed by atoms with E-state index in [9.17, 15) is 27.6 Å². The molecule has 3 aromatic rings. The van der Waals surface area contributed by atoms with Crippen LogP contribution in [0.25, 0.3) is 0 Å². The van der Waals surface area contributed by atoms with Crippen molar-refractivity contribution in [3.05, 3.63) is 60.8 Å². The van der Waals surface area contributed by atoms with Crippen LogP contribution >= 0.6 is 11.8 Å². The van der Waals surface area contributed by atoms with E-state index in [1.807, 2.05) is 36.0 Å². The number of alkyl halides is 3. The van der Waals surface area contributed by atoms with Gasteiger partial charge in [-0.25, -0.2) is 9.78 Å². The van der Waals surface area contributed by atoms with E-state index in [4.69, 9.17) is 28.4 Å². The third-order valence-corrected chi connectivity index (χ3v) is 12.9. The van der Waals surface area contributed by atoms with Gasteiger partial charge in [-0.05, 0) is 74.7 Å². The molecule has 386 valence electrons. The number of halogens is 3. The summed E-state index contributed by atoms with van der Waals surface area (Å²) in [5, 5.41) is 18.2. The first-order valence-electron chi connectivity index (χ1n) is 23.9. The summed E-state index contributed by atoms with van der Waals surface area (Å²) in [6.07, 6.45) is 1.65. The molecule has 4 amide bonds. The van der Waals surface area contributed by atoms with Crippen LogP contribution in [0, 0.1) is 5.92 Å². The van der Waals surface area contributed by atoms with Gasteiger partial charge in [-0.3, -0.25) is 14.5 Å². The highest BCUT2D eigenvalue weighted by molar-refractivity contribution is 8.00. The second-order valence-corrected chi connectivity index (χ2v) is 17.9. The molecule has 70 heavy (non-hydrogen) atoms. The number of ether oxygens (including phenoxy) is 7. The molecule has 3 saturated heterocycles. The minimum absolute atomic E-state index is 0.0194. The van der Waals surface area contributed by atoms with E-state index in [-0.39, 0.29) is 47.5 Å². The zero-order valence-electron chi connectivity index (χ0n) is 39.3. The number of nitrogens with zero attached hydrogens (tertiary/aromatic N) is 3. The highest BCUT2D eigenvalue weighted by Gasteiger charge is 2.42. The third-order valence-electron chi connectivity index (χ3n) is 11.4. The average molecular weight is 1010 g/mol. The number of carbonyl (C=O) groups is 3. The van der Waals surface area contributed by atoms with Crippen LogP contribution in [0.15, 0.2) is 60.8 Å². The summed E-state index contributed by atoms with van der Waals surface area (Å²) in [6, 6.07) is 14.9. The number of benzene rings is 2. The van der Waals surface area contributed by atoms with Crippen LogP contribution in [0.5, 0.6) is 11.5 Å². The van der Waals surface area contributed by atoms with Crippen LogP contribution in [0.3, 0.4) is 0 Å². The molecule has 23 heteroatoms. The smallest absolute Gasteiger partial charge is 0.492 e. The minimum Gasteiger partial charge on any atom is -0.492 e. The monoisotopic (exact) mass is 1010 g/mol. The quantitative estimate of drug-likeness (QED) is 0.0350. The molecule has 3 aliphatic heterocycles. The highest BCUT2D eigenvalue weighted by atomic mass is 32.2. The Morgan fingerprint density at radius 2 is 1.49 bits per heavy atom. The summed E-state index contributed by atoms with van der Waals surface area (Å²) in [5.74, 6) is 1.67. The molecular formula is C47H66F3N9O10S. The van der Waals surface area contributed by atoms with Crippen molar-refractivity contribution in [3.63, 3.8) is 0 Å². The molecule has 1 aromatic heterocycles. The first kappa shape index (κ1) is 54.2. The van der Waals surface area contributed by atoms with Crippen LogP contribution < -0.4 is 41.4 Å². The van der Waals surface area contributed by atoms with E-state index in [0.717, 1.165) is 50.1 Å². The predicted octanol–water partition coefficient (Wildman–Crippen LogP) is 4.99. The Balaban J connectivity index is 0.689. The number of thioether (sulfide) groups is 1. The molecule has 0 spiro atoms. The summed E-state index contributed by atoms with van der Waals surface area (Å²) >= 11 is 1.89. The number of unbranched alkanes of at least 4 members (excludes halogenated alkanes) is 1. The Bertz CT molecular complexity index is 2030. The molecule has 2 aromatic carbocycles. The van der Waals surface area contributed by atoms with Gasteiger partial charge in [0.2, 0.25) is 17.8 Å². The van der Waals surface area contributed by atoms with E-state index in [1.165, 1.54) is 24.4 Å². The first-order valence-corrected chi connectivity index (χ1v) is 24.9. The van der Waals surface area contributed by atoms with Crippen molar-refractivity contribution >= 4 is 52.7 Å². The molecule has 3 aliphatic rings. The highest BCUT2D eigenvalue weighted by Crippen LogP contribution is 2.34. The van der Waals surface area contributed by atoms with Crippen molar-refractivity contribution in [1.82, 2.24) is 36.1 Å². The zero-order valence-corrected chi connectivity index (χ0v) is 40.1. The summed E-state index contributed by atoms with van der Waals surface area (Å²) in [6.45, 7) is 7.81. The average Bonchev–Trinajstić information content (AvgIpc) is 3.90. The van der Waals surface area contributed by atoms with Crippen LogP contribution in [-0.2, 0) is 33.3 Å². The Hall–Kier alpha value is -5.17. The van der Waals surface area contributed by atoms with Gasteiger partial charge < -0.3 is 65.1 Å². The van der Waals surface area contributed by atoms with E-state index in [0.29, 0.717) is 122 Å². The van der Waals surface area contributed by atoms with Crippen molar-refractivity contribution < 1.29 is 60.7 Å². The number of hydrogen-bond donors (Lipinski definition) is 6. The van der Waals surface area contributed by atoms with Gasteiger partial charge in [0.25, 0.3) is 0 Å². The van der Waals surface area contributed by atoms with Crippen molar-refractivity contribution in [2.75, 3.05) is 122 Å². The lowest BCUT2D eigenvalue weighted by Gasteiger charge is -2.31. The zero-order chi connectivity index (χ0) is 49.2. The molecule has 0 bridgehead atoms. The van der Waals surface area contributed by atoms with Crippen LogP contribution in [0.1, 0.15) is 38.5 Å². The van der Waals surface area contributed by atoms with Crippen molar-refractivity contribution in [3.8, 4) is 11.5 Å². The Morgan fingerprint density at radius 3 is 2.20 bits per heavy atom. The van der Waals surface area contributed by atoms with Crippen molar-refractivity contribution in [1.29, 1.82) is 0 Å². The Morgan fingerprint density at radius 1 is 0.800 bits per heavy atom. The maximum atomic E-state index is 12.9. The molecule has 4 atom stereocenters. The van der Waals surface area contributed by atoms with E-state index in [2.05, 4.69) is 51.5 Å². The van der Waals surface area contributed by atoms with Gasteiger partial charge in [-0.2, -0.15) is 16.7 Å². The van der Waals surface area contributed by atoms with Gasteiger partial charge in [-0.1, -0.05) is 18.6 Å². The number of carbonyl (C=O) groups excluding carboxylic acids is 3. The van der Waals surface area contributed by atoms with E-state index in [1.54, 1.807) is 12.1 Å². The van der Waals surface area contributed by atoms with Gasteiger partial charge >= 0.3 is 12.4 Å². The number of rotatable bonds is 33. The maximum absolute atomic E-state index is 12.9. The van der Waals surface area contributed by atoms with Crippen LogP contribution in [0.4, 0.5) is 41.1 Å². The molecule has 0 aliphatic carbocycles. The first-order chi connectivity index (χ1) is 34.1. The number of para-hydroxylation sites is 2. The minimum atomic E-state index is -4.84. The Kier molecular flexibility index (Phi) is 23.1. The lowest BCUT2D eigenvalue weighted by Crippen LogP contribution is -2.44. The number of anilines is 4. The molecule has 4 heterocycles. The molecule has 19 nitrogen and oxygen atoms in total. The summed E-state index contributed by atoms with van der Waals surface area (Å²) < 4.78 is 76.3. The fourth-order valence-electron chi connectivity index (χ4n) is 7.94. The number of amides is 4. The SMILES string of the molecule is O=C(CCCCC1SCC2NC(=O)NC21)NCCOCCOCCOCCOCCOCCNC(=O)C1CCCN(CCOc2ccc(Nc3ccnc(Nc4ccccc4OC(F)(F)F)n3)cc2)C1. The lowest BCUT2D eigenvalue weighted by molar-refractivity contribution is -0.274. The molecule has 6 rings (SSSR count). The maximum Gasteiger partial charge on any atom is 0.573 e. The Labute approximate surface area is 410 Å². The number of fused-ring (bicyclic) bond motifs is 1. The topological polar surface area (TPSA) is 217 Å². The molecule has 6 N–H and O–H groups in total. The number of urea groups is 1. The normalized spacial score (nSPS) is 18.9. The van der Waals surface area contributed by atoms with Crippen molar-refractivity contribution in [2.45, 2.75) is 62.2 Å². The van der Waals surface area contributed by atoms with Gasteiger partial charge in [0.15, 0.2) is 5.75 Å². The van der Waals surface area contributed by atoms with Gasteiger partial charge in [0, 0.05) is 55.5 Å². The molecule has 0 radical (unpaired) electrons. The summed E-state index contributed by atoms with van der Waals surface area (Å²) in [7, 11) is 0. The standard InChI is InChI=1S/C47H66F3N9O10S/c48-47(49,50)69-39-8-2-1-7-37(39)55-45-53-16-15-41(57-45)54-35-11-13-36(14-12-35)68-23-20-59-19-5-6-34(32-59)44(61)52-18-22-64-25-27-66-29-31-67-30-28-65-26-24-63-21-17-51-42(60)10-4-3-9-40-43-38(33-70-40)56-46(62)58-43/h1-2,7-8,11-16,34,38,40,43H,3-6,9-10,17-33H2,(H,51,60)(H,52,61)(H2,56,58,62)(H2,53,54,55,57). The number of nitrogens with one attached hydrogen (secondary N) is 6. The van der Waals surface area contributed by atoms with Gasteiger partial charge in [-0.15, -0.1) is 13.2 Å². The molecular weight excluding hydrogens is 940 g/mol. The second kappa shape index (κ2) is 29.9. The number of hydrogen-bond acceptors (Lipinski definition) is 16. The second-order valence-electron chi connectivity index (χ2n) is 16.6. The number of aromatic nitrogens is 2. The molecule has 0 saturated carbocycles. The number of piperidine rings is 1. The summed E-state index contributed by atoms with van der Waals surface area (Å²) in [4.78, 5) is 47.2. The lowest BCUT2D eigenvalue weighted by atomic mass is 9.97. The van der Waals surface area contributed by atoms with Crippen LogP contribution in [0.2, 0.25) is 0 Å².